The van der Waals surface area contributed by atoms with Crippen LogP contribution in [0.4, 0.5) is 5.69 Å². The highest BCUT2D eigenvalue weighted by atomic mass is 15.1. The molecule has 0 atom stereocenters. The lowest BCUT2D eigenvalue weighted by molar-refractivity contribution is 0.341. The molecule has 0 aliphatic carbocycles. The minimum absolute atomic E-state index is 0.784. The first-order chi connectivity index (χ1) is 8.31. The molecule has 0 amide bonds. The maximum absolute atomic E-state index is 5.75. The van der Waals surface area contributed by atoms with E-state index in [1.165, 1.54) is 25.9 Å². The zero-order valence-corrected chi connectivity index (χ0v) is 9.95. The second-order valence-electron chi connectivity index (χ2n) is 4.76. The molecule has 0 radical (unpaired) electrons. The number of rotatable bonds is 3. The third-order valence-electron chi connectivity index (χ3n) is 3.42. The number of aromatic amines is 1. The molecule has 17 heavy (non-hydrogen) atoms. The highest BCUT2D eigenvalue weighted by molar-refractivity contribution is 5.78. The molecule has 90 valence electrons. The number of imidazole rings is 1. The minimum atomic E-state index is 0.784. The summed E-state index contributed by atoms with van der Waals surface area (Å²) < 4.78 is 0. The number of anilines is 1. The number of fused-ring (bicyclic) bond motifs is 1. The van der Waals surface area contributed by atoms with E-state index in [9.17, 15) is 0 Å². The zero-order chi connectivity index (χ0) is 11.7. The molecule has 1 saturated heterocycles. The number of aromatic nitrogens is 2. The fraction of sp³-hybridized carbons (Fsp3) is 0.462. The molecule has 1 aromatic heterocycles. The Hall–Kier alpha value is -1.55. The maximum atomic E-state index is 5.75. The molecule has 3 rings (SSSR count). The van der Waals surface area contributed by atoms with Crippen molar-refractivity contribution in [2.45, 2.75) is 19.3 Å². The number of hydrogen-bond acceptors (Lipinski definition) is 3. The average Bonchev–Trinajstić information content (AvgIpc) is 2.94. The van der Waals surface area contributed by atoms with Gasteiger partial charge in [-0.1, -0.05) is 0 Å². The van der Waals surface area contributed by atoms with Gasteiger partial charge in [-0.3, -0.25) is 0 Å². The normalized spacial score (nSPS) is 16.9. The second kappa shape index (κ2) is 4.37. The van der Waals surface area contributed by atoms with Crippen LogP contribution in [-0.2, 0) is 6.42 Å². The van der Waals surface area contributed by atoms with Gasteiger partial charge < -0.3 is 15.6 Å². The van der Waals surface area contributed by atoms with Crippen LogP contribution >= 0.6 is 0 Å². The smallest absolute Gasteiger partial charge is 0.108 e. The number of nitrogen functional groups attached to an aromatic ring is 1. The molecule has 0 bridgehead atoms. The Balaban J connectivity index is 1.72. The number of likely N-dealkylation sites (tertiary alicyclic amines) is 1. The summed E-state index contributed by atoms with van der Waals surface area (Å²) in [4.78, 5) is 10.4. The Morgan fingerprint density at radius 3 is 2.94 bits per heavy atom. The standard InChI is InChI=1S/C13H18N4/c14-10-3-4-11-12(9-10)16-13(15-11)5-8-17-6-1-2-7-17/h3-4,9H,1-2,5-8,14H2,(H,15,16). The number of hydrogen-bond donors (Lipinski definition) is 2. The molecule has 0 spiro atoms. The lowest BCUT2D eigenvalue weighted by Crippen LogP contribution is -2.22. The fourth-order valence-corrected chi connectivity index (χ4v) is 2.47. The topological polar surface area (TPSA) is 57.9 Å². The Bertz CT molecular complexity index is 511. The first kappa shape index (κ1) is 10.6. The summed E-state index contributed by atoms with van der Waals surface area (Å²) >= 11 is 0. The maximum Gasteiger partial charge on any atom is 0.108 e. The Morgan fingerprint density at radius 2 is 2.12 bits per heavy atom. The molecular weight excluding hydrogens is 212 g/mol. The van der Waals surface area contributed by atoms with Crippen molar-refractivity contribution in [1.29, 1.82) is 0 Å². The summed E-state index contributed by atoms with van der Waals surface area (Å²) in [6, 6.07) is 5.82. The van der Waals surface area contributed by atoms with Gasteiger partial charge in [0.15, 0.2) is 0 Å². The Morgan fingerprint density at radius 1 is 1.29 bits per heavy atom. The van der Waals surface area contributed by atoms with Gasteiger partial charge in [-0.25, -0.2) is 4.98 Å². The molecule has 1 aromatic carbocycles. The molecule has 0 saturated carbocycles. The average molecular weight is 230 g/mol. The van der Waals surface area contributed by atoms with E-state index in [2.05, 4.69) is 14.9 Å². The summed E-state index contributed by atoms with van der Waals surface area (Å²) in [5.41, 5.74) is 8.59. The molecule has 0 unspecified atom stereocenters. The molecule has 2 heterocycles. The van der Waals surface area contributed by atoms with Crippen molar-refractivity contribution in [3.05, 3.63) is 24.0 Å². The largest absolute Gasteiger partial charge is 0.399 e. The summed E-state index contributed by atoms with van der Waals surface area (Å²) in [7, 11) is 0. The van der Waals surface area contributed by atoms with Crippen molar-refractivity contribution in [3.63, 3.8) is 0 Å². The molecule has 1 aliphatic heterocycles. The van der Waals surface area contributed by atoms with Gasteiger partial charge in [-0.2, -0.15) is 0 Å². The summed E-state index contributed by atoms with van der Waals surface area (Å²) in [6.45, 7) is 3.59. The molecule has 3 N–H and O–H groups in total. The summed E-state index contributed by atoms with van der Waals surface area (Å²) in [6.07, 6.45) is 3.68. The van der Waals surface area contributed by atoms with Crippen LogP contribution in [0.15, 0.2) is 18.2 Å². The van der Waals surface area contributed by atoms with Gasteiger partial charge in [0, 0.05) is 18.7 Å². The van der Waals surface area contributed by atoms with E-state index < -0.39 is 0 Å². The van der Waals surface area contributed by atoms with Crippen LogP contribution in [0.5, 0.6) is 0 Å². The van der Waals surface area contributed by atoms with Crippen molar-refractivity contribution in [1.82, 2.24) is 14.9 Å². The third kappa shape index (κ3) is 2.26. The lowest BCUT2D eigenvalue weighted by Gasteiger charge is -2.12. The number of nitrogens with two attached hydrogens (primary N) is 1. The van der Waals surface area contributed by atoms with E-state index in [1.54, 1.807) is 0 Å². The molecule has 1 aliphatic rings. The van der Waals surface area contributed by atoms with E-state index in [4.69, 9.17) is 5.73 Å². The zero-order valence-electron chi connectivity index (χ0n) is 9.95. The van der Waals surface area contributed by atoms with Crippen molar-refractivity contribution < 1.29 is 0 Å². The molecule has 2 aromatic rings. The van der Waals surface area contributed by atoms with Gasteiger partial charge in [0.1, 0.15) is 5.82 Å². The van der Waals surface area contributed by atoms with Gasteiger partial charge in [0.05, 0.1) is 11.0 Å². The Labute approximate surface area is 101 Å². The number of nitrogens with zero attached hydrogens (tertiary/aromatic N) is 2. The van der Waals surface area contributed by atoms with Gasteiger partial charge in [0.25, 0.3) is 0 Å². The van der Waals surface area contributed by atoms with Gasteiger partial charge in [-0.15, -0.1) is 0 Å². The van der Waals surface area contributed by atoms with E-state index in [0.717, 1.165) is 35.5 Å². The minimum Gasteiger partial charge on any atom is -0.399 e. The molecule has 4 nitrogen and oxygen atoms in total. The van der Waals surface area contributed by atoms with Gasteiger partial charge in [0.2, 0.25) is 0 Å². The van der Waals surface area contributed by atoms with E-state index in [-0.39, 0.29) is 0 Å². The van der Waals surface area contributed by atoms with E-state index in [1.807, 2.05) is 18.2 Å². The van der Waals surface area contributed by atoms with Crippen LogP contribution in [0.1, 0.15) is 18.7 Å². The summed E-state index contributed by atoms with van der Waals surface area (Å²) in [5, 5.41) is 0. The van der Waals surface area contributed by atoms with E-state index in [0.29, 0.717) is 0 Å². The highest BCUT2D eigenvalue weighted by Crippen LogP contribution is 2.15. The van der Waals surface area contributed by atoms with Crippen molar-refractivity contribution >= 4 is 16.7 Å². The lowest BCUT2D eigenvalue weighted by atomic mass is 10.3. The van der Waals surface area contributed by atoms with Crippen LogP contribution in [0.25, 0.3) is 11.0 Å². The third-order valence-corrected chi connectivity index (χ3v) is 3.42. The first-order valence-corrected chi connectivity index (χ1v) is 6.28. The number of H-pyrrole nitrogens is 1. The second-order valence-corrected chi connectivity index (χ2v) is 4.76. The SMILES string of the molecule is Nc1ccc2nc(CCN3CCCC3)[nH]c2c1. The Kier molecular flexibility index (Phi) is 2.73. The van der Waals surface area contributed by atoms with Crippen LogP contribution in [-0.4, -0.2) is 34.5 Å². The van der Waals surface area contributed by atoms with Crippen LogP contribution in [0.2, 0.25) is 0 Å². The van der Waals surface area contributed by atoms with Crippen molar-refractivity contribution in [3.8, 4) is 0 Å². The molecular formula is C13H18N4. The molecule has 1 fully saturated rings. The fourth-order valence-electron chi connectivity index (χ4n) is 2.47. The van der Waals surface area contributed by atoms with Crippen LogP contribution < -0.4 is 5.73 Å². The highest BCUT2D eigenvalue weighted by Gasteiger charge is 2.12. The van der Waals surface area contributed by atoms with Crippen molar-refractivity contribution in [2.75, 3.05) is 25.4 Å². The van der Waals surface area contributed by atoms with Crippen molar-refractivity contribution in [2.24, 2.45) is 0 Å². The number of benzene rings is 1. The van der Waals surface area contributed by atoms with Crippen LogP contribution in [0.3, 0.4) is 0 Å². The first-order valence-electron chi connectivity index (χ1n) is 6.28. The van der Waals surface area contributed by atoms with Crippen LogP contribution in [0, 0.1) is 0 Å². The predicted octanol–water partition coefficient (Wildman–Crippen LogP) is 1.78. The van der Waals surface area contributed by atoms with E-state index >= 15 is 0 Å². The number of nitrogens with one attached hydrogen (secondary N) is 1. The summed E-state index contributed by atoms with van der Waals surface area (Å²) in [5.74, 6) is 1.07. The monoisotopic (exact) mass is 230 g/mol. The molecule has 4 heteroatoms. The predicted molar refractivity (Wildman–Crippen MR) is 69.9 cm³/mol. The quantitative estimate of drug-likeness (QED) is 0.790. The van der Waals surface area contributed by atoms with Gasteiger partial charge in [-0.05, 0) is 44.1 Å². The van der Waals surface area contributed by atoms with Gasteiger partial charge >= 0.3 is 0 Å².